The van der Waals surface area contributed by atoms with Gasteiger partial charge in [-0.15, -0.1) is 0 Å². The highest BCUT2D eigenvalue weighted by Gasteiger charge is 2.49. The molecular weight excluding hydrogens is 1310 g/mol. The molecule has 0 unspecified atom stereocenters. The maximum absolute atomic E-state index is 16.1. The van der Waals surface area contributed by atoms with E-state index in [1.165, 1.54) is 0 Å². The lowest BCUT2D eigenvalue weighted by Gasteiger charge is -2.37. The molecule has 8 aromatic carbocycles. The van der Waals surface area contributed by atoms with Crippen molar-refractivity contribution in [3.63, 3.8) is 0 Å². The van der Waals surface area contributed by atoms with Crippen molar-refractivity contribution in [3.8, 4) is 46.0 Å². The van der Waals surface area contributed by atoms with E-state index in [-0.39, 0.29) is 85.1 Å². The van der Waals surface area contributed by atoms with E-state index < -0.39 is 54.1 Å². The van der Waals surface area contributed by atoms with Crippen LogP contribution in [0.3, 0.4) is 0 Å². The van der Waals surface area contributed by atoms with E-state index in [9.17, 15) is 0 Å². The third kappa shape index (κ3) is 7.74. The highest BCUT2D eigenvalue weighted by atomic mass is 79.9. The summed E-state index contributed by atoms with van der Waals surface area (Å²) in [5, 5.41) is 0.897. The van der Waals surface area contributed by atoms with Gasteiger partial charge in [0.2, 0.25) is 0 Å². The molecule has 0 fully saturated rings. The summed E-state index contributed by atoms with van der Waals surface area (Å²) in [4.78, 5) is 0. The maximum Gasteiger partial charge on any atom is 0.462 e. The average Bonchev–Trinajstić information content (AvgIpc) is 3.59. The van der Waals surface area contributed by atoms with Gasteiger partial charge in [0.1, 0.15) is 17.9 Å². The predicted octanol–water partition coefficient (Wildman–Crippen LogP) is 16.8. The van der Waals surface area contributed by atoms with E-state index in [0.29, 0.717) is 44.5 Å². The predicted molar refractivity (Wildman–Crippen MR) is 306 cm³/mol. The van der Waals surface area contributed by atoms with Gasteiger partial charge in [0.15, 0.2) is 46.0 Å². The Bertz CT molecular complexity index is 3340. The second-order valence-electron chi connectivity index (χ2n) is 19.1. The highest BCUT2D eigenvalue weighted by molar-refractivity contribution is 9.11. The Morgan fingerprint density at radius 1 is 0.276 bits per heavy atom. The van der Waals surface area contributed by atoms with Crippen LogP contribution in [0.1, 0.15) is 95.9 Å². The molecule has 4 heterocycles. The van der Waals surface area contributed by atoms with Crippen LogP contribution >= 0.6 is 94.1 Å². The first-order valence-electron chi connectivity index (χ1n) is 24.0. The second kappa shape index (κ2) is 18.3. The Labute approximate surface area is 471 Å². The molecule has 0 saturated carbocycles. The minimum atomic E-state index is -4.51. The van der Waals surface area contributed by atoms with Crippen molar-refractivity contribution >= 4 is 115 Å². The third-order valence-corrected chi connectivity index (χ3v) is 24.6. The summed E-state index contributed by atoms with van der Waals surface area (Å²) in [7, 11) is -18.0. The molecule has 0 N–H and O–H groups in total. The second-order valence-corrected chi connectivity index (χ2v) is 29.7. The van der Waals surface area contributed by atoms with Crippen molar-refractivity contribution in [3.05, 3.63) is 208 Å². The molecule has 13 rings (SSSR count). The molecule has 0 amide bonds. The van der Waals surface area contributed by atoms with Gasteiger partial charge < -0.3 is 36.2 Å². The van der Waals surface area contributed by atoms with Gasteiger partial charge in [-0.25, -0.2) is 18.3 Å². The fourth-order valence-electron chi connectivity index (χ4n) is 10.5. The lowest BCUT2D eigenvalue weighted by molar-refractivity contribution is 0.371. The summed E-state index contributed by atoms with van der Waals surface area (Å²) >= 11 is 15.6. The fraction of sp³-hybridized carbons (Fsp3) is 0.143. The molecule has 8 bridgehead atoms. The number of halogens is 4. The zero-order valence-electron chi connectivity index (χ0n) is 40.4. The Balaban J connectivity index is 1.22. The molecule has 0 spiro atoms. The summed E-state index contributed by atoms with van der Waals surface area (Å²) in [6.45, 7) is 7.94. The summed E-state index contributed by atoms with van der Waals surface area (Å²) in [6.07, 6.45) is 0. The Kier molecular flexibility index (Phi) is 12.2. The topological polar surface area (TPSA) is 142 Å². The van der Waals surface area contributed by atoms with Crippen molar-refractivity contribution < 1.29 is 54.5 Å². The standard InChI is InChI=1S/C56H40Br4O12P4/c1-29-37-25-39-30(2)41-27-43-32(4)44-28-42-31(3)40-26-38(29)50-46(58)52(40)68-75(63,35-21-13-7-14-22-35)70-54(42)48(60)56(44)72-76(64,36-23-15-8-16-24-36)71-55(43)47(59)53(41)69-74(62,34-19-11-6-12-20-34)67-51(39)45(57)49(37)65-73(61,66-50)33-17-9-5-10-18-33/h5-32H,1-4H3. The molecule has 12 nitrogen and oxygen atoms in total. The number of rotatable bonds is 4. The molecule has 5 aliphatic rings. The minimum absolute atomic E-state index is 0.122. The molecule has 0 radical (unpaired) electrons. The van der Waals surface area contributed by atoms with Gasteiger partial charge in [-0.05, 0) is 137 Å². The number of hydrogen-bond donors (Lipinski definition) is 0. The van der Waals surface area contributed by atoms with Gasteiger partial charge in [0, 0.05) is 68.2 Å². The summed E-state index contributed by atoms with van der Waals surface area (Å²) in [5.74, 6) is -1.46. The van der Waals surface area contributed by atoms with Crippen molar-refractivity contribution in [1.29, 1.82) is 0 Å². The summed E-state index contributed by atoms with van der Waals surface area (Å²) in [6, 6.07) is 42.0. The lowest BCUT2D eigenvalue weighted by Crippen LogP contribution is -2.24. The van der Waals surface area contributed by atoms with Crippen LogP contribution in [-0.2, 0) is 18.3 Å². The van der Waals surface area contributed by atoms with E-state index >= 15 is 18.3 Å². The van der Waals surface area contributed by atoms with Gasteiger partial charge >= 0.3 is 30.4 Å². The molecule has 8 aromatic rings. The summed E-state index contributed by atoms with van der Waals surface area (Å²) in [5.41, 5.74) is 4.62. The van der Waals surface area contributed by atoms with Crippen molar-refractivity contribution in [2.45, 2.75) is 51.4 Å². The molecule has 20 heteroatoms. The van der Waals surface area contributed by atoms with Gasteiger partial charge in [0.25, 0.3) is 0 Å². The van der Waals surface area contributed by atoms with Crippen LogP contribution in [0, 0.1) is 0 Å². The third-order valence-electron chi connectivity index (χ3n) is 14.6. The Morgan fingerprint density at radius 2 is 0.421 bits per heavy atom. The molecule has 0 saturated heterocycles. The van der Waals surface area contributed by atoms with Gasteiger partial charge in [0.05, 0.1) is 21.2 Å². The first-order chi connectivity index (χ1) is 36.4. The zero-order valence-corrected chi connectivity index (χ0v) is 50.3. The van der Waals surface area contributed by atoms with E-state index in [1.54, 1.807) is 121 Å². The van der Waals surface area contributed by atoms with Gasteiger partial charge in [-0.1, -0.05) is 100 Å². The SMILES string of the molecule is CC1c2cc3c4c(Br)c2OP(=O)(c2ccccc2)Oc2c1cc1c(c2Br)OP(=O)(c2ccccc2)Oc2c(cc5c(c2Br)OP(=O)(c2ccccc2)Oc2c(cc(c(c2Br)OP(=O)(c2ccccc2)O4)C3C)C5C)C1C. The first-order valence-corrected chi connectivity index (χ1v) is 33.4. The molecule has 1 aliphatic carbocycles. The van der Waals surface area contributed by atoms with Crippen LogP contribution in [0.2, 0.25) is 0 Å². The smallest absolute Gasteiger partial charge is 0.411 e. The zero-order chi connectivity index (χ0) is 52.8. The molecule has 384 valence electrons. The number of hydrogen-bond acceptors (Lipinski definition) is 12. The quantitative estimate of drug-likeness (QED) is 0.155. The van der Waals surface area contributed by atoms with Crippen LogP contribution in [0.5, 0.6) is 46.0 Å². The molecule has 0 atom stereocenters. The van der Waals surface area contributed by atoms with Crippen LogP contribution in [0.15, 0.2) is 163 Å². The lowest BCUT2D eigenvalue weighted by atomic mass is 9.80. The first kappa shape index (κ1) is 50.5. The van der Waals surface area contributed by atoms with Gasteiger partial charge in [-0.3, -0.25) is 0 Å². The van der Waals surface area contributed by atoms with E-state index in [0.717, 1.165) is 0 Å². The van der Waals surface area contributed by atoms with Crippen LogP contribution in [-0.4, -0.2) is 0 Å². The van der Waals surface area contributed by atoms with Crippen LogP contribution in [0.25, 0.3) is 0 Å². The molecule has 0 aromatic heterocycles. The van der Waals surface area contributed by atoms with Crippen molar-refractivity contribution in [1.82, 2.24) is 0 Å². The monoisotopic (exact) mass is 1340 g/mol. The molecule has 76 heavy (non-hydrogen) atoms. The summed E-state index contributed by atoms with van der Waals surface area (Å²) < 4.78 is 120. The van der Waals surface area contributed by atoms with Crippen LogP contribution < -0.4 is 57.4 Å². The highest BCUT2D eigenvalue weighted by Crippen LogP contribution is 2.69. The van der Waals surface area contributed by atoms with E-state index in [2.05, 4.69) is 63.7 Å². The number of benzene rings is 8. The van der Waals surface area contributed by atoms with Crippen molar-refractivity contribution in [2.24, 2.45) is 0 Å². The Morgan fingerprint density at radius 3 is 0.566 bits per heavy atom. The van der Waals surface area contributed by atoms with E-state index in [4.69, 9.17) is 36.2 Å². The maximum atomic E-state index is 16.1. The van der Waals surface area contributed by atoms with Gasteiger partial charge in [-0.2, -0.15) is 0 Å². The largest absolute Gasteiger partial charge is 0.462 e. The molecule has 4 aliphatic heterocycles. The van der Waals surface area contributed by atoms with Crippen LogP contribution in [0.4, 0.5) is 0 Å². The Hall–Kier alpha value is -5.00. The fourth-order valence-corrected chi connectivity index (χ4v) is 20.6. The van der Waals surface area contributed by atoms with Crippen molar-refractivity contribution in [2.75, 3.05) is 0 Å². The molecular formula is C56H40Br4O12P4. The normalized spacial score (nSPS) is 26.1. The van der Waals surface area contributed by atoms with E-state index in [1.807, 2.05) is 52.0 Å². The average molecular weight is 1350 g/mol. The minimum Gasteiger partial charge on any atom is -0.411 e.